The number of rotatable bonds is 2. The number of carbonyl (C=O) groups is 2. The van der Waals surface area contributed by atoms with Crippen LogP contribution in [0.25, 0.3) is 0 Å². The molecule has 2 aliphatic rings. The van der Waals surface area contributed by atoms with Crippen molar-refractivity contribution < 1.29 is 18.0 Å². The summed E-state index contributed by atoms with van der Waals surface area (Å²) >= 11 is 0. The number of aldehydes is 1. The second-order valence-corrected chi connectivity index (χ2v) is 6.70. The van der Waals surface area contributed by atoms with E-state index in [-0.39, 0.29) is 30.4 Å². The van der Waals surface area contributed by atoms with Crippen LogP contribution in [0.4, 0.5) is 0 Å². The van der Waals surface area contributed by atoms with Crippen LogP contribution in [0.1, 0.15) is 19.3 Å². The lowest BCUT2D eigenvalue weighted by molar-refractivity contribution is -0.131. The second kappa shape index (κ2) is 3.81. The minimum absolute atomic E-state index is 0.0212. The molecule has 0 bridgehead atoms. The number of nitrogens with zero attached hydrogens (tertiary/aromatic N) is 1. The first-order valence-corrected chi connectivity index (χ1v) is 7.01. The van der Waals surface area contributed by atoms with Gasteiger partial charge in [-0.1, -0.05) is 0 Å². The van der Waals surface area contributed by atoms with Crippen molar-refractivity contribution in [2.45, 2.75) is 24.8 Å². The average Bonchev–Trinajstić information content (AvgIpc) is 2.51. The molecule has 0 saturated carbocycles. The van der Waals surface area contributed by atoms with Gasteiger partial charge in [0.15, 0.2) is 0 Å². The smallest absolute Gasteiger partial charge is 0.239 e. The molecule has 7 heteroatoms. The maximum atomic E-state index is 11.6. The van der Waals surface area contributed by atoms with Gasteiger partial charge in [-0.3, -0.25) is 9.80 Å². The number of hydrogen-bond donors (Lipinski definition) is 1. The van der Waals surface area contributed by atoms with Gasteiger partial charge in [0.25, 0.3) is 0 Å². The quantitative estimate of drug-likeness (QED) is 0.623. The van der Waals surface area contributed by atoms with Gasteiger partial charge < -0.3 is 4.79 Å². The Kier molecular flexibility index (Phi) is 2.75. The van der Waals surface area contributed by atoms with E-state index in [9.17, 15) is 18.0 Å². The van der Waals surface area contributed by atoms with E-state index in [4.69, 9.17) is 0 Å². The molecule has 0 unspecified atom stereocenters. The van der Waals surface area contributed by atoms with E-state index in [2.05, 4.69) is 5.43 Å². The van der Waals surface area contributed by atoms with Crippen LogP contribution in [0.5, 0.6) is 0 Å². The third-order valence-electron chi connectivity index (χ3n) is 3.20. The van der Waals surface area contributed by atoms with Crippen molar-refractivity contribution in [3.63, 3.8) is 0 Å². The fourth-order valence-electron chi connectivity index (χ4n) is 2.21. The maximum Gasteiger partial charge on any atom is 0.239 e. The van der Waals surface area contributed by atoms with Crippen LogP contribution in [0, 0.1) is 0 Å². The maximum absolute atomic E-state index is 11.6. The summed E-state index contributed by atoms with van der Waals surface area (Å²) in [7, 11) is -2.93. The van der Waals surface area contributed by atoms with Crippen LogP contribution in [0.15, 0.2) is 0 Å². The van der Waals surface area contributed by atoms with Crippen LogP contribution < -0.4 is 5.43 Å². The van der Waals surface area contributed by atoms with E-state index in [1.165, 1.54) is 5.01 Å². The van der Waals surface area contributed by atoms with Crippen LogP contribution in [-0.4, -0.2) is 49.2 Å². The molecule has 2 aliphatic heterocycles. The van der Waals surface area contributed by atoms with E-state index in [0.717, 1.165) is 0 Å². The summed E-state index contributed by atoms with van der Waals surface area (Å²) < 4.78 is 22.6. The molecule has 90 valence electrons. The number of hydrogen-bond acceptors (Lipinski definition) is 5. The summed E-state index contributed by atoms with van der Waals surface area (Å²) in [5.74, 6) is 0.0936. The normalized spacial score (nSPS) is 27.2. The van der Waals surface area contributed by atoms with Crippen molar-refractivity contribution in [1.29, 1.82) is 0 Å². The predicted octanol–water partition coefficient (Wildman–Crippen LogP) is -1.13. The zero-order valence-corrected chi connectivity index (χ0v) is 9.62. The molecule has 2 heterocycles. The number of nitrogens with one attached hydrogen (secondary N) is 1. The van der Waals surface area contributed by atoms with Crippen LogP contribution in [-0.2, 0) is 19.4 Å². The van der Waals surface area contributed by atoms with E-state index >= 15 is 0 Å². The van der Waals surface area contributed by atoms with Crippen molar-refractivity contribution in [3.8, 4) is 0 Å². The van der Waals surface area contributed by atoms with Crippen molar-refractivity contribution >= 4 is 22.0 Å². The van der Waals surface area contributed by atoms with Crippen molar-refractivity contribution in [2.24, 2.45) is 0 Å². The highest BCUT2D eigenvalue weighted by molar-refractivity contribution is 7.91. The molecule has 0 aromatic carbocycles. The number of sulfone groups is 1. The Bertz CT molecular complexity index is 403. The van der Waals surface area contributed by atoms with Gasteiger partial charge in [0.2, 0.25) is 5.91 Å². The van der Waals surface area contributed by atoms with Gasteiger partial charge in [0, 0.05) is 12.0 Å². The summed E-state index contributed by atoms with van der Waals surface area (Å²) in [6.07, 6.45) is 1.83. The Morgan fingerprint density at radius 1 is 1.38 bits per heavy atom. The Morgan fingerprint density at radius 3 is 2.56 bits per heavy atom. The lowest BCUT2D eigenvalue weighted by atomic mass is 9.91. The minimum Gasteiger partial charge on any atom is -0.301 e. The zero-order chi connectivity index (χ0) is 11.8. The molecule has 16 heavy (non-hydrogen) atoms. The Balaban J connectivity index is 2.07. The van der Waals surface area contributed by atoms with E-state index in [1.54, 1.807) is 0 Å². The van der Waals surface area contributed by atoms with Gasteiger partial charge in [-0.15, -0.1) is 0 Å². The molecule has 2 saturated heterocycles. The molecule has 1 amide bonds. The highest BCUT2D eigenvalue weighted by Crippen LogP contribution is 2.31. The highest BCUT2D eigenvalue weighted by Gasteiger charge is 2.45. The van der Waals surface area contributed by atoms with E-state index in [1.807, 2.05) is 0 Å². The first-order valence-electron chi connectivity index (χ1n) is 5.19. The van der Waals surface area contributed by atoms with Crippen molar-refractivity contribution in [2.75, 3.05) is 18.1 Å². The van der Waals surface area contributed by atoms with Crippen LogP contribution >= 0.6 is 0 Å². The SMILES string of the molecule is O=CCN1NC2(CCS(=O)(=O)CC2)CC1=O. The first-order chi connectivity index (χ1) is 7.46. The monoisotopic (exact) mass is 246 g/mol. The fraction of sp³-hybridized carbons (Fsp3) is 0.778. The third kappa shape index (κ3) is 2.10. The number of amides is 1. The van der Waals surface area contributed by atoms with E-state index < -0.39 is 15.4 Å². The molecule has 0 aromatic rings. The van der Waals surface area contributed by atoms with Gasteiger partial charge in [0.05, 0.1) is 18.1 Å². The molecule has 0 radical (unpaired) electrons. The molecule has 1 spiro atoms. The average molecular weight is 246 g/mol. The minimum atomic E-state index is -2.93. The molecule has 1 N–H and O–H groups in total. The molecular weight excluding hydrogens is 232 g/mol. The van der Waals surface area contributed by atoms with Crippen LogP contribution in [0.3, 0.4) is 0 Å². The second-order valence-electron chi connectivity index (χ2n) is 4.39. The molecular formula is C9H14N2O4S. The van der Waals surface area contributed by atoms with Crippen molar-refractivity contribution in [1.82, 2.24) is 10.4 Å². The predicted molar refractivity (Wildman–Crippen MR) is 56.1 cm³/mol. The first kappa shape index (κ1) is 11.5. The summed E-state index contributed by atoms with van der Waals surface area (Å²) in [5.41, 5.74) is 2.54. The molecule has 0 aliphatic carbocycles. The molecule has 2 fully saturated rings. The molecule has 0 atom stereocenters. The lowest BCUT2D eigenvalue weighted by Crippen LogP contribution is -2.51. The standard InChI is InChI=1S/C9H14N2O4S/c12-4-3-11-8(13)7-9(10-11)1-5-16(14,15)6-2-9/h4,10H,1-3,5-7H2. The Morgan fingerprint density at radius 2 is 2.00 bits per heavy atom. The van der Waals surface area contributed by atoms with Crippen molar-refractivity contribution in [3.05, 3.63) is 0 Å². The topological polar surface area (TPSA) is 83.6 Å². The van der Waals surface area contributed by atoms with Gasteiger partial charge >= 0.3 is 0 Å². The third-order valence-corrected chi connectivity index (χ3v) is 4.86. The Hall–Kier alpha value is -0.950. The van der Waals surface area contributed by atoms with Gasteiger partial charge in [-0.05, 0) is 12.8 Å². The summed E-state index contributed by atoms with van der Waals surface area (Å²) in [6.45, 7) is 0.0212. The Labute approximate surface area is 93.9 Å². The summed E-state index contributed by atoms with van der Waals surface area (Å²) in [6, 6.07) is 0. The number of carbonyl (C=O) groups excluding carboxylic acids is 2. The van der Waals surface area contributed by atoms with Crippen LogP contribution in [0.2, 0.25) is 0 Å². The van der Waals surface area contributed by atoms with E-state index in [0.29, 0.717) is 19.1 Å². The van der Waals surface area contributed by atoms with Gasteiger partial charge in [-0.25, -0.2) is 13.8 Å². The van der Waals surface area contributed by atoms with Gasteiger partial charge in [-0.2, -0.15) is 0 Å². The summed E-state index contributed by atoms with van der Waals surface area (Å²) in [5, 5.41) is 1.28. The molecule has 6 nitrogen and oxygen atoms in total. The number of hydrazine groups is 1. The highest BCUT2D eigenvalue weighted by atomic mass is 32.2. The zero-order valence-electron chi connectivity index (χ0n) is 8.81. The summed E-state index contributed by atoms with van der Waals surface area (Å²) in [4.78, 5) is 21.9. The molecule has 2 rings (SSSR count). The fourth-order valence-corrected chi connectivity index (χ4v) is 3.82. The van der Waals surface area contributed by atoms with Gasteiger partial charge in [0.1, 0.15) is 16.1 Å². The lowest BCUT2D eigenvalue weighted by Gasteiger charge is -2.32. The molecule has 0 aromatic heterocycles. The largest absolute Gasteiger partial charge is 0.301 e.